The number of nitrogens with one attached hydrogen (secondary N) is 1. The lowest BCUT2D eigenvalue weighted by Crippen LogP contribution is -2.43. The van der Waals surface area contributed by atoms with Gasteiger partial charge in [0.2, 0.25) is 10.0 Å². The Hall–Kier alpha value is -1.18. The molecule has 2 rings (SSSR count). The van der Waals surface area contributed by atoms with E-state index in [9.17, 15) is 12.8 Å². The lowest BCUT2D eigenvalue weighted by Gasteiger charge is -2.37. The molecule has 0 amide bonds. The van der Waals surface area contributed by atoms with Crippen molar-refractivity contribution in [3.8, 4) is 0 Å². The maximum absolute atomic E-state index is 13.2. The normalized spacial score (nSPS) is 19.6. The fourth-order valence-corrected chi connectivity index (χ4v) is 3.76. The minimum Gasteiger partial charge on any atom is -0.398 e. The molecule has 3 N–H and O–H groups in total. The van der Waals surface area contributed by atoms with Crippen molar-refractivity contribution in [2.75, 3.05) is 32.4 Å². The van der Waals surface area contributed by atoms with Crippen LogP contribution in [0.3, 0.4) is 0 Å². The van der Waals surface area contributed by atoms with E-state index in [0.717, 1.165) is 38.1 Å². The van der Waals surface area contributed by atoms with Crippen molar-refractivity contribution in [3.63, 3.8) is 0 Å². The van der Waals surface area contributed by atoms with Crippen LogP contribution in [0.2, 0.25) is 0 Å². The van der Waals surface area contributed by atoms with Crippen LogP contribution in [0.25, 0.3) is 0 Å². The summed E-state index contributed by atoms with van der Waals surface area (Å²) in [5.74, 6) is -0.616. The molecule has 1 fully saturated rings. The third kappa shape index (κ3) is 3.93. The van der Waals surface area contributed by atoms with Crippen LogP contribution in [-0.2, 0) is 10.0 Å². The number of benzene rings is 1. The van der Waals surface area contributed by atoms with E-state index in [0.29, 0.717) is 6.54 Å². The number of halogens is 1. The Morgan fingerprint density at radius 1 is 1.38 bits per heavy atom. The van der Waals surface area contributed by atoms with Gasteiger partial charge < -0.3 is 10.6 Å². The lowest BCUT2D eigenvalue weighted by atomic mass is 9.81. The van der Waals surface area contributed by atoms with Crippen molar-refractivity contribution in [2.45, 2.75) is 24.7 Å². The van der Waals surface area contributed by atoms with Gasteiger partial charge in [0.1, 0.15) is 10.7 Å². The monoisotopic (exact) mass is 315 g/mol. The molecule has 0 bridgehead atoms. The van der Waals surface area contributed by atoms with E-state index < -0.39 is 15.8 Å². The van der Waals surface area contributed by atoms with Crippen LogP contribution in [0, 0.1) is 11.2 Å². The Morgan fingerprint density at radius 2 is 2.00 bits per heavy atom. The molecule has 1 aliphatic heterocycles. The predicted octanol–water partition coefficient (Wildman–Crippen LogP) is 1.42. The Labute approximate surface area is 125 Å². The maximum atomic E-state index is 13.2. The molecular weight excluding hydrogens is 293 g/mol. The van der Waals surface area contributed by atoms with Gasteiger partial charge in [-0.2, -0.15) is 0 Å². The lowest BCUT2D eigenvalue weighted by molar-refractivity contribution is 0.143. The second-order valence-electron chi connectivity index (χ2n) is 6.12. The van der Waals surface area contributed by atoms with Crippen LogP contribution in [-0.4, -0.2) is 40.0 Å². The zero-order chi connectivity index (χ0) is 15.7. The molecule has 0 unspecified atom stereocenters. The molecule has 0 atom stereocenters. The number of nitrogens with zero attached hydrogens (tertiary/aromatic N) is 1. The number of sulfonamides is 1. The number of likely N-dealkylation sites (tertiary alicyclic amines) is 1. The number of nitrogens with two attached hydrogens (primary N) is 1. The first kappa shape index (κ1) is 16.2. The highest BCUT2D eigenvalue weighted by Gasteiger charge is 2.31. The minimum absolute atomic E-state index is 0.0532. The zero-order valence-corrected chi connectivity index (χ0v) is 13.2. The summed E-state index contributed by atoms with van der Waals surface area (Å²) in [6, 6.07) is 3.36. The summed E-state index contributed by atoms with van der Waals surface area (Å²) < 4.78 is 40.4. The second-order valence-corrected chi connectivity index (χ2v) is 7.86. The quantitative estimate of drug-likeness (QED) is 0.824. The van der Waals surface area contributed by atoms with Crippen molar-refractivity contribution in [2.24, 2.45) is 5.41 Å². The molecule has 7 heteroatoms. The Balaban J connectivity index is 2.09. The molecule has 0 radical (unpaired) electrons. The van der Waals surface area contributed by atoms with E-state index in [1.54, 1.807) is 0 Å². The van der Waals surface area contributed by atoms with Crippen molar-refractivity contribution < 1.29 is 12.8 Å². The smallest absolute Gasteiger partial charge is 0.242 e. The van der Waals surface area contributed by atoms with Gasteiger partial charge in [-0.05, 0) is 56.6 Å². The molecule has 0 aliphatic carbocycles. The first-order chi connectivity index (χ1) is 9.72. The average molecular weight is 315 g/mol. The molecule has 0 aromatic heterocycles. The predicted molar refractivity (Wildman–Crippen MR) is 80.8 cm³/mol. The molecule has 1 heterocycles. The molecule has 1 aromatic carbocycles. The molecule has 1 aromatic rings. The van der Waals surface area contributed by atoms with Crippen LogP contribution in [0.5, 0.6) is 0 Å². The summed E-state index contributed by atoms with van der Waals surface area (Å²) in [5.41, 5.74) is 5.61. The van der Waals surface area contributed by atoms with E-state index in [4.69, 9.17) is 5.73 Å². The number of anilines is 1. The fourth-order valence-electron chi connectivity index (χ4n) is 2.42. The molecule has 118 valence electrons. The first-order valence-corrected chi connectivity index (χ1v) is 8.43. The topological polar surface area (TPSA) is 75.4 Å². The zero-order valence-electron chi connectivity index (χ0n) is 12.4. The summed E-state index contributed by atoms with van der Waals surface area (Å²) in [4.78, 5) is 2.03. The van der Waals surface area contributed by atoms with Crippen LogP contribution in [0.1, 0.15) is 19.8 Å². The highest BCUT2D eigenvalue weighted by atomic mass is 32.2. The van der Waals surface area contributed by atoms with Crippen molar-refractivity contribution in [3.05, 3.63) is 24.0 Å². The standard InChI is InChI=1S/C14H22FN3O2S/c1-14(5-7-18(2)8-6-14)10-17-21(19,20)13-9-11(15)3-4-12(13)16/h3-4,9,17H,5-8,10,16H2,1-2H3. The Kier molecular flexibility index (Phi) is 4.55. The van der Waals surface area contributed by atoms with Crippen molar-refractivity contribution >= 4 is 15.7 Å². The largest absolute Gasteiger partial charge is 0.398 e. The van der Waals surface area contributed by atoms with E-state index >= 15 is 0 Å². The number of rotatable bonds is 4. The molecule has 21 heavy (non-hydrogen) atoms. The van der Waals surface area contributed by atoms with Gasteiger partial charge in [0, 0.05) is 6.54 Å². The number of piperidine rings is 1. The molecule has 1 saturated heterocycles. The van der Waals surface area contributed by atoms with Gasteiger partial charge in [0.25, 0.3) is 0 Å². The second kappa shape index (κ2) is 5.90. The van der Waals surface area contributed by atoms with Crippen LogP contribution >= 0.6 is 0 Å². The van der Waals surface area contributed by atoms with E-state index in [-0.39, 0.29) is 16.0 Å². The molecule has 1 aliphatic rings. The summed E-state index contributed by atoms with van der Waals surface area (Å²) >= 11 is 0. The summed E-state index contributed by atoms with van der Waals surface area (Å²) in [5, 5.41) is 0. The van der Waals surface area contributed by atoms with Crippen LogP contribution in [0.15, 0.2) is 23.1 Å². The highest BCUT2D eigenvalue weighted by Crippen LogP contribution is 2.30. The van der Waals surface area contributed by atoms with E-state index in [2.05, 4.69) is 23.6 Å². The summed E-state index contributed by atoms with van der Waals surface area (Å²) in [7, 11) is -1.74. The highest BCUT2D eigenvalue weighted by molar-refractivity contribution is 7.89. The van der Waals surface area contributed by atoms with Crippen LogP contribution in [0.4, 0.5) is 10.1 Å². The van der Waals surface area contributed by atoms with Crippen LogP contribution < -0.4 is 10.5 Å². The first-order valence-electron chi connectivity index (χ1n) is 6.95. The molecule has 0 spiro atoms. The maximum Gasteiger partial charge on any atom is 0.242 e. The van der Waals surface area contributed by atoms with Crippen molar-refractivity contribution in [1.82, 2.24) is 9.62 Å². The SMILES string of the molecule is CN1CCC(C)(CNS(=O)(=O)c2cc(F)ccc2N)CC1. The Morgan fingerprint density at radius 3 is 2.62 bits per heavy atom. The summed E-state index contributed by atoms with van der Waals surface area (Å²) in [6.45, 7) is 4.29. The number of hydrogen-bond donors (Lipinski definition) is 2. The molecule has 0 saturated carbocycles. The van der Waals surface area contributed by atoms with Gasteiger partial charge in [-0.15, -0.1) is 0 Å². The van der Waals surface area contributed by atoms with E-state index in [1.807, 2.05) is 0 Å². The summed E-state index contributed by atoms with van der Waals surface area (Å²) in [6.07, 6.45) is 1.84. The van der Waals surface area contributed by atoms with Gasteiger partial charge in [-0.3, -0.25) is 0 Å². The van der Waals surface area contributed by atoms with Gasteiger partial charge in [0.15, 0.2) is 0 Å². The van der Waals surface area contributed by atoms with Gasteiger partial charge in [0.05, 0.1) is 5.69 Å². The number of hydrogen-bond acceptors (Lipinski definition) is 4. The molecule has 5 nitrogen and oxygen atoms in total. The fraction of sp³-hybridized carbons (Fsp3) is 0.571. The molecular formula is C14H22FN3O2S. The van der Waals surface area contributed by atoms with E-state index in [1.165, 1.54) is 6.07 Å². The van der Waals surface area contributed by atoms with Gasteiger partial charge >= 0.3 is 0 Å². The average Bonchev–Trinajstić information content (AvgIpc) is 2.43. The number of nitrogen functional groups attached to an aromatic ring is 1. The van der Waals surface area contributed by atoms with Gasteiger partial charge in [-0.25, -0.2) is 17.5 Å². The third-order valence-electron chi connectivity index (χ3n) is 4.15. The van der Waals surface area contributed by atoms with Gasteiger partial charge in [-0.1, -0.05) is 6.92 Å². The Bertz CT molecular complexity index is 611. The van der Waals surface area contributed by atoms with Crippen molar-refractivity contribution in [1.29, 1.82) is 0 Å². The third-order valence-corrected chi connectivity index (χ3v) is 5.61. The minimum atomic E-state index is -3.79.